The van der Waals surface area contributed by atoms with E-state index in [9.17, 15) is 0 Å². The smallest absolute Gasteiger partial charge is 0.0467 e. The van der Waals surface area contributed by atoms with E-state index in [2.05, 4.69) is 217 Å². The lowest BCUT2D eigenvalue weighted by Crippen LogP contribution is -2.10. The van der Waals surface area contributed by atoms with Crippen molar-refractivity contribution in [2.45, 2.75) is 0 Å². The van der Waals surface area contributed by atoms with Crippen LogP contribution in [0.3, 0.4) is 0 Å². The second kappa shape index (κ2) is 13.0. The van der Waals surface area contributed by atoms with Crippen LogP contribution in [0.2, 0.25) is 0 Å². The number of fused-ring (bicyclic) bond motifs is 6. The zero-order valence-electron chi connectivity index (χ0n) is 29.2. The molecule has 0 unspecified atom stereocenters. The first-order chi connectivity index (χ1) is 26.2. The minimum absolute atomic E-state index is 1.11. The van der Waals surface area contributed by atoms with Gasteiger partial charge in [-0.2, -0.15) is 0 Å². The highest BCUT2D eigenvalue weighted by Crippen LogP contribution is 2.39. The quantitative estimate of drug-likeness (QED) is 0.159. The van der Waals surface area contributed by atoms with Crippen LogP contribution in [0, 0.1) is 0 Å². The Hall–Kier alpha value is -6.96. The van der Waals surface area contributed by atoms with Gasteiger partial charge in [0, 0.05) is 17.1 Å². The molecule has 0 saturated heterocycles. The molecule has 53 heavy (non-hydrogen) atoms. The molecule has 1 nitrogen and oxygen atoms in total. The molecule has 0 atom stereocenters. The number of rotatable bonds is 6. The maximum atomic E-state index is 2.36. The molecule has 0 aliphatic rings. The first-order valence-corrected chi connectivity index (χ1v) is 18.2. The molecule has 0 radical (unpaired) electrons. The van der Waals surface area contributed by atoms with E-state index in [0.717, 1.165) is 17.1 Å². The predicted molar refractivity (Wildman–Crippen MR) is 227 cm³/mol. The third-order valence-electron chi connectivity index (χ3n) is 10.6. The van der Waals surface area contributed by atoms with Gasteiger partial charge in [-0.25, -0.2) is 0 Å². The van der Waals surface area contributed by atoms with Crippen molar-refractivity contribution in [2.24, 2.45) is 0 Å². The molecule has 0 aliphatic carbocycles. The van der Waals surface area contributed by atoms with E-state index < -0.39 is 0 Å². The summed E-state index contributed by atoms with van der Waals surface area (Å²) in [5.74, 6) is 0. The van der Waals surface area contributed by atoms with Crippen LogP contribution in [0.25, 0.3) is 76.5 Å². The Bertz CT molecular complexity index is 2920. The minimum Gasteiger partial charge on any atom is -0.310 e. The number of nitrogens with zero attached hydrogens (tertiary/aromatic N) is 1. The molecule has 248 valence electrons. The summed E-state index contributed by atoms with van der Waals surface area (Å²) in [7, 11) is 0. The van der Waals surface area contributed by atoms with Gasteiger partial charge in [-0.15, -0.1) is 0 Å². The van der Waals surface area contributed by atoms with Gasteiger partial charge in [0.2, 0.25) is 0 Å². The van der Waals surface area contributed by atoms with E-state index in [-0.39, 0.29) is 0 Å². The van der Waals surface area contributed by atoms with Crippen molar-refractivity contribution < 1.29 is 0 Å². The van der Waals surface area contributed by atoms with Crippen LogP contribution < -0.4 is 4.90 Å². The summed E-state index contributed by atoms with van der Waals surface area (Å²) in [5, 5.41) is 10.2. The lowest BCUT2D eigenvalue weighted by molar-refractivity contribution is 1.28. The van der Waals surface area contributed by atoms with Crippen molar-refractivity contribution in [2.75, 3.05) is 4.90 Å². The van der Waals surface area contributed by atoms with Crippen LogP contribution in [0.4, 0.5) is 17.1 Å². The number of hydrogen-bond acceptors (Lipinski definition) is 1. The first-order valence-electron chi connectivity index (χ1n) is 18.2. The Morgan fingerprint density at radius 2 is 0.660 bits per heavy atom. The van der Waals surface area contributed by atoms with Gasteiger partial charge in [-0.3, -0.25) is 0 Å². The van der Waals surface area contributed by atoms with Crippen molar-refractivity contribution in [3.63, 3.8) is 0 Å². The number of benzene rings is 10. The van der Waals surface area contributed by atoms with Gasteiger partial charge in [0.05, 0.1) is 0 Å². The Morgan fingerprint density at radius 1 is 0.208 bits per heavy atom. The van der Waals surface area contributed by atoms with Crippen molar-refractivity contribution in [3.05, 3.63) is 212 Å². The summed E-state index contributed by atoms with van der Waals surface area (Å²) >= 11 is 0. The third kappa shape index (κ3) is 5.69. The fourth-order valence-electron chi connectivity index (χ4n) is 7.89. The molecule has 10 rings (SSSR count). The molecule has 10 aromatic carbocycles. The first kappa shape index (κ1) is 30.8. The van der Waals surface area contributed by atoms with Crippen molar-refractivity contribution in [3.8, 4) is 33.4 Å². The zero-order valence-corrected chi connectivity index (χ0v) is 29.2. The molecule has 0 aromatic heterocycles. The van der Waals surface area contributed by atoms with Crippen molar-refractivity contribution in [1.82, 2.24) is 0 Å². The molecule has 0 saturated carbocycles. The van der Waals surface area contributed by atoms with E-state index in [4.69, 9.17) is 0 Å². The lowest BCUT2D eigenvalue weighted by Gasteiger charge is -2.26. The highest BCUT2D eigenvalue weighted by Gasteiger charge is 2.15. The highest BCUT2D eigenvalue weighted by molar-refractivity contribution is 6.17. The molecule has 0 N–H and O–H groups in total. The van der Waals surface area contributed by atoms with E-state index in [0.29, 0.717) is 0 Å². The monoisotopic (exact) mass is 673 g/mol. The number of anilines is 3. The molecule has 0 aliphatic heterocycles. The lowest BCUT2D eigenvalue weighted by atomic mass is 9.95. The predicted octanol–water partition coefficient (Wildman–Crippen LogP) is 14.8. The van der Waals surface area contributed by atoms with Crippen LogP contribution in [-0.2, 0) is 0 Å². The second-order valence-electron chi connectivity index (χ2n) is 13.8. The van der Waals surface area contributed by atoms with Gasteiger partial charge in [0.15, 0.2) is 0 Å². The van der Waals surface area contributed by atoms with E-state index in [1.54, 1.807) is 0 Å². The van der Waals surface area contributed by atoms with Crippen LogP contribution in [-0.4, -0.2) is 0 Å². The average molecular weight is 674 g/mol. The average Bonchev–Trinajstić information content (AvgIpc) is 3.24. The van der Waals surface area contributed by atoms with Gasteiger partial charge in [-0.05, 0) is 125 Å². The van der Waals surface area contributed by atoms with Gasteiger partial charge >= 0.3 is 0 Å². The molecule has 1 heteroatoms. The summed E-state index contributed by atoms with van der Waals surface area (Å²) in [6.07, 6.45) is 0. The Kier molecular flexibility index (Phi) is 7.55. The molecule has 0 amide bonds. The van der Waals surface area contributed by atoms with Gasteiger partial charge in [0.25, 0.3) is 0 Å². The summed E-state index contributed by atoms with van der Waals surface area (Å²) in [6.45, 7) is 0. The van der Waals surface area contributed by atoms with Crippen molar-refractivity contribution >= 4 is 60.2 Å². The Morgan fingerprint density at radius 3 is 1.42 bits per heavy atom. The fourth-order valence-corrected chi connectivity index (χ4v) is 7.89. The fraction of sp³-hybridized carbons (Fsp3) is 0. The second-order valence-corrected chi connectivity index (χ2v) is 13.8. The van der Waals surface area contributed by atoms with E-state index in [1.165, 1.54) is 76.5 Å². The molecule has 0 bridgehead atoms. The standard InChI is InChI=1S/C52H35N/c1-2-9-36(10-3-1)38-19-26-46(27-20-38)53(48-15-8-14-42(35-48)44-18-17-37-11-4-5-13-41(37)33-44)47-28-21-39(22-29-47)43-24-30-50-45(34-43)25-32-51-49-16-7-6-12-40(49)23-31-52(50)51/h1-35H. The SMILES string of the molecule is c1ccc(-c2ccc(N(c3ccc(-c4ccc5c(ccc6c7ccccc7ccc56)c4)cc3)c3cccc(-c4ccc5ccccc5c4)c3)cc2)cc1. The van der Waals surface area contributed by atoms with Crippen LogP contribution >= 0.6 is 0 Å². The van der Waals surface area contributed by atoms with Crippen molar-refractivity contribution in [1.29, 1.82) is 0 Å². The van der Waals surface area contributed by atoms with Crippen LogP contribution in [0.5, 0.6) is 0 Å². The van der Waals surface area contributed by atoms with E-state index in [1.807, 2.05) is 0 Å². The summed E-state index contributed by atoms with van der Waals surface area (Å²) in [5.41, 5.74) is 10.5. The Balaban J connectivity index is 1.04. The minimum atomic E-state index is 1.11. The largest absolute Gasteiger partial charge is 0.310 e. The molecular weight excluding hydrogens is 639 g/mol. The van der Waals surface area contributed by atoms with Gasteiger partial charge < -0.3 is 4.90 Å². The van der Waals surface area contributed by atoms with Crippen LogP contribution in [0.15, 0.2) is 212 Å². The molecule has 0 heterocycles. The highest BCUT2D eigenvalue weighted by atomic mass is 15.1. The zero-order chi connectivity index (χ0) is 35.1. The summed E-state index contributed by atoms with van der Waals surface area (Å²) < 4.78 is 0. The van der Waals surface area contributed by atoms with E-state index >= 15 is 0 Å². The summed E-state index contributed by atoms with van der Waals surface area (Å²) in [6, 6.07) is 77.2. The molecule has 10 aromatic rings. The maximum Gasteiger partial charge on any atom is 0.0467 e. The third-order valence-corrected chi connectivity index (χ3v) is 10.6. The normalized spacial score (nSPS) is 11.4. The van der Waals surface area contributed by atoms with Gasteiger partial charge in [-0.1, -0.05) is 164 Å². The Labute approximate surface area is 309 Å². The van der Waals surface area contributed by atoms with Gasteiger partial charge in [0.1, 0.15) is 0 Å². The van der Waals surface area contributed by atoms with Crippen LogP contribution in [0.1, 0.15) is 0 Å². The topological polar surface area (TPSA) is 3.24 Å². The summed E-state index contributed by atoms with van der Waals surface area (Å²) in [4.78, 5) is 2.36. The molecule has 0 spiro atoms. The molecule has 0 fully saturated rings. The maximum absolute atomic E-state index is 2.36. The number of hydrogen-bond donors (Lipinski definition) is 0. The molecular formula is C52H35N.